The molecule has 2 heteroatoms. The normalized spacial score (nSPS) is 22.4. The Morgan fingerprint density at radius 3 is 1.45 bits per heavy atom. The van der Waals surface area contributed by atoms with Crippen molar-refractivity contribution < 1.29 is 0 Å². The fourth-order valence-electron chi connectivity index (χ4n) is 1.36. The van der Waals surface area contributed by atoms with Crippen LogP contribution in [-0.2, 0) is 0 Å². The summed E-state index contributed by atoms with van der Waals surface area (Å²) >= 11 is 7.21. The average Bonchev–Trinajstić information content (AvgIpc) is 2.07. The second kappa shape index (κ2) is 5.36. The largest absolute Gasteiger partial charge is 0.0548 e. The molecule has 0 aliphatic heterocycles. The minimum absolute atomic E-state index is 1.22. The van der Waals surface area contributed by atoms with Crippen molar-refractivity contribution in [3.8, 4) is 0 Å². The maximum atomic E-state index is 3.61. The van der Waals surface area contributed by atoms with E-state index in [1.54, 1.807) is 0 Å². The maximum absolute atomic E-state index is 3.61. The number of hydrogen-bond acceptors (Lipinski definition) is 0. The summed E-state index contributed by atoms with van der Waals surface area (Å²) in [4.78, 5) is 0. The predicted molar refractivity (Wildman–Crippen MR) is 57.2 cm³/mol. The van der Waals surface area contributed by atoms with Crippen LogP contribution in [0, 0.1) is 0 Å². The van der Waals surface area contributed by atoms with E-state index in [1.807, 2.05) is 0 Å². The molecule has 0 aromatic heterocycles. The van der Waals surface area contributed by atoms with E-state index in [2.05, 4.69) is 31.9 Å². The Kier molecular flexibility index (Phi) is 4.77. The van der Waals surface area contributed by atoms with Gasteiger partial charge < -0.3 is 0 Å². The Balaban J connectivity index is 2.47. The van der Waals surface area contributed by atoms with Crippen LogP contribution in [0.2, 0.25) is 0 Å². The van der Waals surface area contributed by atoms with E-state index in [-0.39, 0.29) is 0 Å². The number of allylic oxidation sites excluding steroid dienone is 2. The lowest BCUT2D eigenvalue weighted by molar-refractivity contribution is 0.631. The average molecular weight is 282 g/mol. The zero-order valence-corrected chi connectivity index (χ0v) is 9.88. The molecule has 0 saturated carbocycles. The lowest BCUT2D eigenvalue weighted by Gasteiger charge is -2.00. The van der Waals surface area contributed by atoms with Crippen LogP contribution < -0.4 is 0 Å². The zero-order valence-electron chi connectivity index (χ0n) is 6.71. The van der Waals surface area contributed by atoms with Crippen LogP contribution in [-0.4, -0.2) is 0 Å². The van der Waals surface area contributed by atoms with E-state index < -0.39 is 0 Å². The molecule has 0 spiro atoms. The van der Waals surface area contributed by atoms with Gasteiger partial charge in [0.05, 0.1) is 0 Å². The lowest BCUT2D eigenvalue weighted by Crippen LogP contribution is -1.77. The molecule has 0 atom stereocenters. The quantitative estimate of drug-likeness (QED) is 0.602. The first kappa shape index (κ1) is 9.79. The van der Waals surface area contributed by atoms with Crippen molar-refractivity contribution >= 4 is 31.9 Å². The summed E-state index contributed by atoms with van der Waals surface area (Å²) in [7, 11) is 0. The molecule has 0 heterocycles. The molecule has 0 nitrogen and oxygen atoms in total. The van der Waals surface area contributed by atoms with Crippen LogP contribution in [0.5, 0.6) is 0 Å². The van der Waals surface area contributed by atoms with Gasteiger partial charge in [-0.1, -0.05) is 51.1 Å². The van der Waals surface area contributed by atoms with Crippen LogP contribution in [0.4, 0.5) is 0 Å². The van der Waals surface area contributed by atoms with Crippen molar-refractivity contribution in [1.82, 2.24) is 0 Å². The van der Waals surface area contributed by atoms with E-state index in [0.29, 0.717) is 0 Å². The topological polar surface area (TPSA) is 0 Å². The zero-order chi connectivity index (χ0) is 8.10. The summed E-state index contributed by atoms with van der Waals surface area (Å²) < 4.78 is 2.78. The summed E-state index contributed by atoms with van der Waals surface area (Å²) in [5.74, 6) is 0. The minimum Gasteiger partial charge on any atom is -0.0548 e. The molecule has 0 amide bonds. The third-order valence-electron chi connectivity index (χ3n) is 2.09. The monoisotopic (exact) mass is 280 g/mol. The summed E-state index contributed by atoms with van der Waals surface area (Å²) in [6.45, 7) is 0. The molecule has 0 radical (unpaired) electrons. The highest BCUT2D eigenvalue weighted by molar-refractivity contribution is 9.14. The van der Waals surface area contributed by atoms with Gasteiger partial charge in [-0.25, -0.2) is 0 Å². The van der Waals surface area contributed by atoms with Crippen LogP contribution >= 0.6 is 31.9 Å². The van der Waals surface area contributed by atoms with E-state index in [9.17, 15) is 0 Å². The Labute approximate surface area is 85.7 Å². The first-order valence-electron chi connectivity index (χ1n) is 4.34. The highest BCUT2D eigenvalue weighted by Gasteiger charge is 2.03. The minimum atomic E-state index is 1.22. The Hall–Kier alpha value is 0.700. The second-order valence-electron chi connectivity index (χ2n) is 3.08. The fourth-order valence-corrected chi connectivity index (χ4v) is 2.32. The van der Waals surface area contributed by atoms with Gasteiger partial charge in [-0.05, 0) is 25.7 Å². The first-order chi connectivity index (χ1) is 5.30. The summed E-state index contributed by atoms with van der Waals surface area (Å²) in [5, 5.41) is 0. The van der Waals surface area contributed by atoms with Crippen molar-refractivity contribution in [2.75, 3.05) is 0 Å². The number of rotatable bonds is 0. The van der Waals surface area contributed by atoms with Crippen LogP contribution in [0.1, 0.15) is 44.9 Å². The third kappa shape index (κ3) is 3.75. The molecule has 64 valence electrons. The molecular formula is C9H14Br2. The van der Waals surface area contributed by atoms with Gasteiger partial charge in [-0.15, -0.1) is 0 Å². The van der Waals surface area contributed by atoms with Crippen molar-refractivity contribution in [3.63, 3.8) is 0 Å². The molecule has 1 aliphatic rings. The van der Waals surface area contributed by atoms with E-state index >= 15 is 0 Å². The van der Waals surface area contributed by atoms with Crippen molar-refractivity contribution in [2.45, 2.75) is 44.9 Å². The maximum Gasteiger partial charge on any atom is 0.00518 e. The van der Waals surface area contributed by atoms with Gasteiger partial charge in [-0.3, -0.25) is 0 Å². The van der Waals surface area contributed by atoms with Gasteiger partial charge in [0.1, 0.15) is 0 Å². The van der Waals surface area contributed by atoms with E-state index in [0.717, 1.165) is 0 Å². The van der Waals surface area contributed by atoms with Crippen LogP contribution in [0.15, 0.2) is 8.96 Å². The molecule has 1 aliphatic carbocycles. The molecule has 0 N–H and O–H groups in total. The summed E-state index contributed by atoms with van der Waals surface area (Å²) in [6.07, 6.45) is 9.35. The Morgan fingerprint density at radius 2 is 1.00 bits per heavy atom. The van der Waals surface area contributed by atoms with Gasteiger partial charge in [0.2, 0.25) is 0 Å². The van der Waals surface area contributed by atoms with Gasteiger partial charge in [0, 0.05) is 8.96 Å². The molecular weight excluding hydrogens is 268 g/mol. The van der Waals surface area contributed by atoms with E-state index in [1.165, 1.54) is 53.9 Å². The van der Waals surface area contributed by atoms with Gasteiger partial charge in [0.15, 0.2) is 0 Å². The standard InChI is InChI=1S/C9H14Br2/c10-8-6-4-2-1-3-5-7-9(8)11/h1-7H2. The molecule has 1 rings (SSSR count). The number of halogens is 2. The molecule has 0 unspecified atom stereocenters. The van der Waals surface area contributed by atoms with Crippen molar-refractivity contribution in [1.29, 1.82) is 0 Å². The van der Waals surface area contributed by atoms with Gasteiger partial charge >= 0.3 is 0 Å². The predicted octanol–water partition coefficient (Wildman–Crippen LogP) is 4.73. The molecule has 0 bridgehead atoms. The van der Waals surface area contributed by atoms with Crippen LogP contribution in [0.3, 0.4) is 0 Å². The summed E-state index contributed by atoms with van der Waals surface area (Å²) in [6, 6.07) is 0. The Morgan fingerprint density at radius 1 is 0.636 bits per heavy atom. The summed E-state index contributed by atoms with van der Waals surface area (Å²) in [5.41, 5.74) is 0. The first-order valence-corrected chi connectivity index (χ1v) is 5.92. The van der Waals surface area contributed by atoms with Crippen LogP contribution in [0.25, 0.3) is 0 Å². The molecule has 0 aromatic rings. The highest BCUT2D eigenvalue weighted by Crippen LogP contribution is 2.29. The molecule has 0 fully saturated rings. The smallest absolute Gasteiger partial charge is 0.00518 e. The highest BCUT2D eigenvalue weighted by atomic mass is 79.9. The Bertz CT molecular complexity index is 134. The third-order valence-corrected chi connectivity index (χ3v) is 4.37. The fraction of sp³-hybridized carbons (Fsp3) is 0.778. The van der Waals surface area contributed by atoms with E-state index in [4.69, 9.17) is 0 Å². The SMILES string of the molecule is BrC1=C(Br)CCCCCCC1. The van der Waals surface area contributed by atoms with Crippen molar-refractivity contribution in [3.05, 3.63) is 8.96 Å². The molecule has 0 saturated heterocycles. The van der Waals surface area contributed by atoms with Crippen molar-refractivity contribution in [2.24, 2.45) is 0 Å². The molecule has 11 heavy (non-hydrogen) atoms. The van der Waals surface area contributed by atoms with Gasteiger partial charge in [-0.2, -0.15) is 0 Å². The second-order valence-corrected chi connectivity index (χ2v) is 4.99. The molecule has 0 aromatic carbocycles. The number of hydrogen-bond donors (Lipinski definition) is 0. The lowest BCUT2D eigenvalue weighted by atomic mass is 10.1. The van der Waals surface area contributed by atoms with Gasteiger partial charge in [0.25, 0.3) is 0 Å².